The number of carbonyl (C=O) groups excluding carboxylic acids is 1. The zero-order valence-electron chi connectivity index (χ0n) is 10.5. The molecule has 1 saturated carbocycles. The van der Waals surface area contributed by atoms with Gasteiger partial charge in [-0.2, -0.15) is 0 Å². The number of esters is 1. The fourth-order valence-electron chi connectivity index (χ4n) is 3.16. The van der Waals surface area contributed by atoms with Crippen LogP contribution < -0.4 is 0 Å². The first-order valence-electron chi connectivity index (χ1n) is 6.36. The van der Waals surface area contributed by atoms with Crippen molar-refractivity contribution in [3.8, 4) is 0 Å². The first-order valence-corrected chi connectivity index (χ1v) is 6.36. The topological polar surface area (TPSA) is 38.8 Å². The third-order valence-electron chi connectivity index (χ3n) is 4.53. The van der Waals surface area contributed by atoms with E-state index in [9.17, 15) is 4.79 Å². The number of rotatable bonds is 2. The Morgan fingerprint density at radius 1 is 1.44 bits per heavy atom. The van der Waals surface area contributed by atoms with E-state index in [0.29, 0.717) is 0 Å². The summed E-state index contributed by atoms with van der Waals surface area (Å²) in [6, 6.07) is 0. The number of epoxide rings is 1. The molecule has 0 radical (unpaired) electrons. The molecule has 2 aliphatic rings. The van der Waals surface area contributed by atoms with Gasteiger partial charge >= 0.3 is 5.97 Å². The Balaban J connectivity index is 2.04. The molecule has 1 aliphatic heterocycles. The highest BCUT2D eigenvalue weighted by Crippen LogP contribution is 2.56. The summed E-state index contributed by atoms with van der Waals surface area (Å²) >= 11 is 0. The third kappa shape index (κ3) is 1.65. The fourth-order valence-corrected chi connectivity index (χ4v) is 3.16. The van der Waals surface area contributed by atoms with Crippen LogP contribution in [0.1, 0.15) is 52.4 Å². The number of ether oxygens (including phenoxy) is 2. The molecule has 16 heavy (non-hydrogen) atoms. The van der Waals surface area contributed by atoms with Gasteiger partial charge in [-0.1, -0.05) is 26.2 Å². The Morgan fingerprint density at radius 2 is 2.19 bits per heavy atom. The molecule has 1 heterocycles. The fraction of sp³-hybridized carbons (Fsp3) is 0.923. The van der Waals surface area contributed by atoms with E-state index in [1.807, 2.05) is 6.92 Å². The molecule has 3 atom stereocenters. The molecule has 2 rings (SSSR count). The molecule has 1 spiro atoms. The van der Waals surface area contributed by atoms with Gasteiger partial charge in [-0.15, -0.1) is 0 Å². The highest BCUT2D eigenvalue weighted by atomic mass is 16.7. The number of hydrogen-bond acceptors (Lipinski definition) is 3. The normalized spacial score (nSPS) is 42.8. The van der Waals surface area contributed by atoms with Gasteiger partial charge in [0.2, 0.25) is 0 Å². The van der Waals surface area contributed by atoms with Crippen molar-refractivity contribution in [3.63, 3.8) is 0 Å². The van der Waals surface area contributed by atoms with Crippen LogP contribution in [-0.4, -0.2) is 24.3 Å². The van der Waals surface area contributed by atoms with Gasteiger partial charge in [0.25, 0.3) is 0 Å². The van der Waals surface area contributed by atoms with Crippen molar-refractivity contribution in [1.29, 1.82) is 0 Å². The highest BCUT2D eigenvalue weighted by molar-refractivity contribution is 5.84. The molecule has 0 N–H and O–H groups in total. The minimum atomic E-state index is -0.662. The average molecular weight is 226 g/mol. The SMILES string of the molecule is CCC1CCCC2(CC1)OC2(C)C(=O)OC. The molecule has 3 unspecified atom stereocenters. The van der Waals surface area contributed by atoms with E-state index >= 15 is 0 Å². The van der Waals surface area contributed by atoms with E-state index in [-0.39, 0.29) is 11.6 Å². The van der Waals surface area contributed by atoms with Crippen LogP contribution in [0.5, 0.6) is 0 Å². The number of methoxy groups -OCH3 is 1. The molecular weight excluding hydrogens is 204 g/mol. The van der Waals surface area contributed by atoms with Crippen LogP contribution in [0, 0.1) is 5.92 Å². The van der Waals surface area contributed by atoms with Gasteiger partial charge < -0.3 is 9.47 Å². The van der Waals surface area contributed by atoms with E-state index in [1.54, 1.807) is 0 Å². The number of carbonyl (C=O) groups is 1. The highest BCUT2D eigenvalue weighted by Gasteiger charge is 2.71. The minimum absolute atomic E-state index is 0.204. The molecule has 3 nitrogen and oxygen atoms in total. The second-order valence-corrected chi connectivity index (χ2v) is 5.33. The molecule has 1 saturated heterocycles. The summed E-state index contributed by atoms with van der Waals surface area (Å²) in [4.78, 5) is 11.7. The molecule has 3 heteroatoms. The third-order valence-corrected chi connectivity index (χ3v) is 4.53. The zero-order chi connectivity index (χ0) is 11.8. The predicted molar refractivity (Wildman–Crippen MR) is 61.1 cm³/mol. The Morgan fingerprint density at radius 3 is 2.81 bits per heavy atom. The van der Waals surface area contributed by atoms with Gasteiger partial charge in [0.1, 0.15) is 5.60 Å². The summed E-state index contributed by atoms with van der Waals surface area (Å²) < 4.78 is 10.6. The second kappa shape index (κ2) is 4.02. The van der Waals surface area contributed by atoms with Crippen LogP contribution >= 0.6 is 0 Å². The van der Waals surface area contributed by atoms with Crippen LogP contribution in [0.3, 0.4) is 0 Å². The largest absolute Gasteiger partial charge is 0.467 e. The monoisotopic (exact) mass is 226 g/mol. The lowest BCUT2D eigenvalue weighted by atomic mass is 9.87. The predicted octanol–water partition coefficient (Wildman–Crippen LogP) is 2.68. The molecule has 0 aromatic carbocycles. The van der Waals surface area contributed by atoms with Crippen molar-refractivity contribution >= 4 is 5.97 Å². The zero-order valence-corrected chi connectivity index (χ0v) is 10.5. The van der Waals surface area contributed by atoms with E-state index in [4.69, 9.17) is 9.47 Å². The van der Waals surface area contributed by atoms with Gasteiger partial charge in [-0.3, -0.25) is 0 Å². The van der Waals surface area contributed by atoms with Crippen LogP contribution in [0.25, 0.3) is 0 Å². The maximum Gasteiger partial charge on any atom is 0.340 e. The second-order valence-electron chi connectivity index (χ2n) is 5.33. The summed E-state index contributed by atoms with van der Waals surface area (Å²) in [5, 5.41) is 0. The van der Waals surface area contributed by atoms with Crippen molar-refractivity contribution in [3.05, 3.63) is 0 Å². The lowest BCUT2D eigenvalue weighted by molar-refractivity contribution is -0.146. The Bertz CT molecular complexity index is 289. The minimum Gasteiger partial charge on any atom is -0.467 e. The van der Waals surface area contributed by atoms with Crippen molar-refractivity contribution in [2.45, 2.75) is 63.6 Å². The van der Waals surface area contributed by atoms with E-state index in [2.05, 4.69) is 6.92 Å². The van der Waals surface area contributed by atoms with E-state index < -0.39 is 5.60 Å². The van der Waals surface area contributed by atoms with Gasteiger partial charge in [0.15, 0.2) is 5.60 Å². The van der Waals surface area contributed by atoms with Crippen LogP contribution in [0.2, 0.25) is 0 Å². The molecule has 1 aliphatic carbocycles. The van der Waals surface area contributed by atoms with Crippen molar-refractivity contribution in [2.75, 3.05) is 7.11 Å². The van der Waals surface area contributed by atoms with Crippen LogP contribution in [-0.2, 0) is 14.3 Å². The van der Waals surface area contributed by atoms with Crippen LogP contribution in [0.15, 0.2) is 0 Å². The molecule has 92 valence electrons. The summed E-state index contributed by atoms with van der Waals surface area (Å²) in [6.45, 7) is 4.13. The van der Waals surface area contributed by atoms with Crippen LogP contribution in [0.4, 0.5) is 0 Å². The molecule has 0 aromatic heterocycles. The van der Waals surface area contributed by atoms with Gasteiger partial charge in [-0.05, 0) is 32.1 Å². The van der Waals surface area contributed by atoms with E-state index in [0.717, 1.165) is 18.8 Å². The summed E-state index contributed by atoms with van der Waals surface area (Å²) in [7, 11) is 1.44. The molecule has 0 aromatic rings. The van der Waals surface area contributed by atoms with E-state index in [1.165, 1.54) is 32.8 Å². The molecule has 0 bridgehead atoms. The van der Waals surface area contributed by atoms with Crippen molar-refractivity contribution in [2.24, 2.45) is 5.92 Å². The first kappa shape index (κ1) is 11.9. The lowest BCUT2D eigenvalue weighted by Gasteiger charge is -2.13. The van der Waals surface area contributed by atoms with Gasteiger partial charge in [0.05, 0.1) is 7.11 Å². The average Bonchev–Trinajstić information content (AvgIpc) is 2.95. The maximum atomic E-state index is 11.7. The maximum absolute atomic E-state index is 11.7. The molecule has 2 fully saturated rings. The summed E-state index contributed by atoms with van der Waals surface area (Å²) in [5.74, 6) is 0.605. The lowest BCUT2D eigenvalue weighted by Crippen LogP contribution is -2.32. The smallest absolute Gasteiger partial charge is 0.340 e. The summed E-state index contributed by atoms with van der Waals surface area (Å²) in [6.07, 6.45) is 6.89. The molecular formula is C13H22O3. The van der Waals surface area contributed by atoms with Crippen molar-refractivity contribution < 1.29 is 14.3 Å². The summed E-state index contributed by atoms with van der Waals surface area (Å²) in [5.41, 5.74) is -0.867. The standard InChI is InChI=1S/C13H22O3/c1-4-10-6-5-8-13(9-7-10)12(2,16-13)11(14)15-3/h10H,4-9H2,1-3H3. The van der Waals surface area contributed by atoms with Gasteiger partial charge in [0, 0.05) is 0 Å². The quantitative estimate of drug-likeness (QED) is 0.537. The Labute approximate surface area is 97.5 Å². The molecule has 0 amide bonds. The van der Waals surface area contributed by atoms with Gasteiger partial charge in [-0.25, -0.2) is 4.79 Å². The number of hydrogen-bond donors (Lipinski definition) is 0. The van der Waals surface area contributed by atoms with Crippen molar-refractivity contribution in [1.82, 2.24) is 0 Å². The first-order chi connectivity index (χ1) is 7.58. The Hall–Kier alpha value is -0.570. The Kier molecular flexibility index (Phi) is 2.99.